The molecule has 0 spiro atoms. The van der Waals surface area contributed by atoms with E-state index in [9.17, 15) is 0 Å². The van der Waals surface area contributed by atoms with E-state index in [1.165, 1.54) is 0 Å². The lowest BCUT2D eigenvalue weighted by Gasteiger charge is -1.98. The lowest BCUT2D eigenvalue weighted by molar-refractivity contribution is 0.948. The molecule has 0 amide bonds. The highest BCUT2D eigenvalue weighted by Gasteiger charge is 2.06. The highest BCUT2D eigenvalue weighted by Crippen LogP contribution is 2.29. The van der Waals surface area contributed by atoms with Crippen molar-refractivity contribution in [1.29, 1.82) is 0 Å². The van der Waals surface area contributed by atoms with Gasteiger partial charge in [-0.1, -0.05) is 23.2 Å². The quantitative estimate of drug-likeness (QED) is 0.640. The summed E-state index contributed by atoms with van der Waals surface area (Å²) in [5.74, 6) is 0. The molecule has 1 heterocycles. The minimum atomic E-state index is 0.563. The van der Waals surface area contributed by atoms with Gasteiger partial charge in [0, 0.05) is 7.05 Å². The Labute approximate surface area is 79.7 Å². The van der Waals surface area contributed by atoms with Crippen LogP contribution >= 0.6 is 23.2 Å². The van der Waals surface area contributed by atoms with Crippen molar-refractivity contribution in [2.24, 2.45) is 7.05 Å². The lowest BCUT2D eigenvalue weighted by Crippen LogP contribution is -1.84. The van der Waals surface area contributed by atoms with Gasteiger partial charge in [0.1, 0.15) is 0 Å². The van der Waals surface area contributed by atoms with Gasteiger partial charge in [-0.15, -0.1) is 0 Å². The Morgan fingerprint density at radius 2 is 2.08 bits per heavy atom. The molecule has 0 unspecified atom stereocenters. The lowest BCUT2D eigenvalue weighted by atomic mass is 10.3. The maximum Gasteiger partial charge on any atom is 0.0956 e. The molecule has 0 aliphatic rings. The molecule has 0 N–H and O–H groups in total. The number of fused-ring (bicyclic) bond motifs is 1. The molecule has 1 aromatic heterocycles. The molecule has 0 fully saturated rings. The Bertz CT molecular complexity index is 434. The standard InChI is InChI=1S/C8H6Cl2N2/c1-12-4-11-6-3-2-5(9)7(10)8(6)12/h2-4H,1H3. The first-order valence-corrected chi connectivity index (χ1v) is 4.21. The topological polar surface area (TPSA) is 17.8 Å². The molecule has 2 nitrogen and oxygen atoms in total. The van der Waals surface area contributed by atoms with Crippen LogP contribution in [-0.4, -0.2) is 9.55 Å². The first kappa shape index (κ1) is 7.90. The SMILES string of the molecule is Cn1cnc2ccc(Cl)c(Cl)c21. The number of halogens is 2. The normalized spacial score (nSPS) is 10.9. The van der Waals surface area contributed by atoms with Crippen molar-refractivity contribution in [2.45, 2.75) is 0 Å². The van der Waals surface area contributed by atoms with Gasteiger partial charge < -0.3 is 4.57 Å². The summed E-state index contributed by atoms with van der Waals surface area (Å²) in [6.45, 7) is 0. The molecule has 62 valence electrons. The largest absolute Gasteiger partial charge is 0.332 e. The van der Waals surface area contributed by atoms with Crippen molar-refractivity contribution in [2.75, 3.05) is 0 Å². The molecule has 4 heteroatoms. The summed E-state index contributed by atoms with van der Waals surface area (Å²) in [6.07, 6.45) is 1.72. The Morgan fingerprint density at radius 1 is 1.33 bits per heavy atom. The second-order valence-electron chi connectivity index (χ2n) is 2.58. The fourth-order valence-electron chi connectivity index (χ4n) is 1.18. The Balaban J connectivity index is 2.96. The van der Waals surface area contributed by atoms with Crippen LogP contribution in [0.1, 0.15) is 0 Å². The van der Waals surface area contributed by atoms with Crippen LogP contribution in [0.3, 0.4) is 0 Å². The molecule has 2 rings (SSSR count). The van der Waals surface area contributed by atoms with E-state index >= 15 is 0 Å². The van der Waals surface area contributed by atoms with Crippen molar-refractivity contribution >= 4 is 34.2 Å². The zero-order valence-electron chi connectivity index (χ0n) is 6.38. The average molecular weight is 201 g/mol. The van der Waals surface area contributed by atoms with E-state index in [-0.39, 0.29) is 0 Å². The highest BCUT2D eigenvalue weighted by atomic mass is 35.5. The van der Waals surface area contributed by atoms with E-state index in [2.05, 4.69) is 4.98 Å². The van der Waals surface area contributed by atoms with Crippen LogP contribution in [-0.2, 0) is 7.05 Å². The van der Waals surface area contributed by atoms with Crippen LogP contribution in [0.25, 0.3) is 11.0 Å². The Hall–Kier alpha value is -0.730. The third-order valence-electron chi connectivity index (χ3n) is 1.77. The van der Waals surface area contributed by atoms with E-state index in [1.54, 1.807) is 12.4 Å². The Kier molecular flexibility index (Phi) is 1.74. The molecule has 0 saturated heterocycles. The molecule has 0 saturated carbocycles. The molecule has 0 aliphatic carbocycles. The zero-order chi connectivity index (χ0) is 8.72. The van der Waals surface area contributed by atoms with Crippen molar-refractivity contribution < 1.29 is 0 Å². The molecule has 1 aromatic carbocycles. The number of hydrogen-bond acceptors (Lipinski definition) is 1. The van der Waals surface area contributed by atoms with Crippen LogP contribution in [0.2, 0.25) is 10.0 Å². The third kappa shape index (κ3) is 0.993. The Morgan fingerprint density at radius 3 is 2.83 bits per heavy atom. The maximum absolute atomic E-state index is 5.98. The second-order valence-corrected chi connectivity index (χ2v) is 3.37. The zero-order valence-corrected chi connectivity index (χ0v) is 7.89. The number of benzene rings is 1. The molecule has 0 aliphatic heterocycles. The predicted octanol–water partition coefficient (Wildman–Crippen LogP) is 2.88. The highest BCUT2D eigenvalue weighted by molar-refractivity contribution is 6.44. The number of aromatic nitrogens is 2. The summed E-state index contributed by atoms with van der Waals surface area (Å²) in [7, 11) is 1.89. The van der Waals surface area contributed by atoms with Gasteiger partial charge in [0.05, 0.1) is 27.4 Å². The van der Waals surface area contributed by atoms with Crippen LogP contribution in [0.15, 0.2) is 18.5 Å². The number of imidazole rings is 1. The van der Waals surface area contributed by atoms with E-state index < -0.39 is 0 Å². The number of aryl methyl sites for hydroxylation is 1. The summed E-state index contributed by atoms with van der Waals surface area (Å²) in [4.78, 5) is 4.14. The second kappa shape index (κ2) is 2.64. The van der Waals surface area contributed by atoms with Gasteiger partial charge in [0.15, 0.2) is 0 Å². The van der Waals surface area contributed by atoms with Gasteiger partial charge in [0.2, 0.25) is 0 Å². The summed E-state index contributed by atoms with van der Waals surface area (Å²) >= 11 is 11.8. The minimum Gasteiger partial charge on any atom is -0.332 e. The summed E-state index contributed by atoms with van der Waals surface area (Å²) in [6, 6.07) is 3.60. The monoisotopic (exact) mass is 200 g/mol. The van der Waals surface area contributed by atoms with E-state index in [0.717, 1.165) is 11.0 Å². The number of hydrogen-bond donors (Lipinski definition) is 0. The van der Waals surface area contributed by atoms with Gasteiger partial charge in [-0.25, -0.2) is 4.98 Å². The molecule has 0 radical (unpaired) electrons. The maximum atomic E-state index is 5.98. The smallest absolute Gasteiger partial charge is 0.0956 e. The molecule has 12 heavy (non-hydrogen) atoms. The van der Waals surface area contributed by atoms with Crippen molar-refractivity contribution in [3.63, 3.8) is 0 Å². The summed E-state index contributed by atoms with van der Waals surface area (Å²) < 4.78 is 1.85. The average Bonchev–Trinajstić information content (AvgIpc) is 2.41. The minimum absolute atomic E-state index is 0.563. The van der Waals surface area contributed by atoms with E-state index in [1.807, 2.05) is 17.7 Å². The fourth-order valence-corrected chi connectivity index (χ4v) is 1.62. The summed E-state index contributed by atoms with van der Waals surface area (Å²) in [5, 5.41) is 1.13. The van der Waals surface area contributed by atoms with Crippen LogP contribution < -0.4 is 0 Å². The molecular weight excluding hydrogens is 195 g/mol. The predicted molar refractivity (Wildman–Crippen MR) is 50.7 cm³/mol. The molecule has 0 bridgehead atoms. The van der Waals surface area contributed by atoms with Crippen LogP contribution in [0, 0.1) is 0 Å². The van der Waals surface area contributed by atoms with Gasteiger partial charge in [-0.05, 0) is 12.1 Å². The first-order valence-electron chi connectivity index (χ1n) is 3.45. The van der Waals surface area contributed by atoms with Gasteiger partial charge >= 0.3 is 0 Å². The van der Waals surface area contributed by atoms with Gasteiger partial charge in [0.25, 0.3) is 0 Å². The number of nitrogens with zero attached hydrogens (tertiary/aromatic N) is 2. The van der Waals surface area contributed by atoms with E-state index in [0.29, 0.717) is 10.0 Å². The fraction of sp³-hybridized carbons (Fsp3) is 0.125. The molecule has 0 atom stereocenters. The van der Waals surface area contributed by atoms with Crippen molar-refractivity contribution in [3.05, 3.63) is 28.5 Å². The van der Waals surface area contributed by atoms with Crippen LogP contribution in [0.5, 0.6) is 0 Å². The van der Waals surface area contributed by atoms with Gasteiger partial charge in [-0.3, -0.25) is 0 Å². The first-order chi connectivity index (χ1) is 5.70. The summed E-state index contributed by atoms with van der Waals surface area (Å²) in [5.41, 5.74) is 1.75. The van der Waals surface area contributed by atoms with Crippen molar-refractivity contribution in [3.8, 4) is 0 Å². The van der Waals surface area contributed by atoms with Gasteiger partial charge in [-0.2, -0.15) is 0 Å². The van der Waals surface area contributed by atoms with E-state index in [4.69, 9.17) is 23.2 Å². The van der Waals surface area contributed by atoms with Crippen LogP contribution in [0.4, 0.5) is 0 Å². The third-order valence-corrected chi connectivity index (χ3v) is 2.56. The molecular formula is C8H6Cl2N2. The molecule has 2 aromatic rings. The van der Waals surface area contributed by atoms with Crippen molar-refractivity contribution in [1.82, 2.24) is 9.55 Å². The number of rotatable bonds is 0.